The molecule has 2 rings (SSSR count). The fraction of sp³-hybridized carbons (Fsp3) is 0.500. The largest absolute Gasteiger partial charge is 0.356 e. The molecule has 18 heavy (non-hydrogen) atoms. The van der Waals surface area contributed by atoms with Crippen LogP contribution in [0.4, 0.5) is 0 Å². The van der Waals surface area contributed by atoms with Gasteiger partial charge in [0, 0.05) is 30.1 Å². The second-order valence-corrected chi connectivity index (χ2v) is 5.27. The van der Waals surface area contributed by atoms with Crippen molar-refractivity contribution in [1.29, 1.82) is 0 Å². The number of hydrogen-bond acceptors (Lipinski definition) is 2. The van der Waals surface area contributed by atoms with Crippen molar-refractivity contribution in [1.82, 2.24) is 10.6 Å². The molecule has 1 aromatic carbocycles. The molecule has 2 N–H and O–H groups in total. The second-order valence-electron chi connectivity index (χ2n) is 4.83. The molecule has 0 saturated carbocycles. The number of nitrogens with one attached hydrogen (secondary N) is 2. The van der Waals surface area contributed by atoms with E-state index in [0.717, 1.165) is 24.4 Å². The Balaban J connectivity index is 1.95. The lowest BCUT2D eigenvalue weighted by atomic mass is 10.0. The molecule has 1 aliphatic rings. The minimum absolute atomic E-state index is 0.147. The first-order chi connectivity index (χ1) is 8.65. The van der Waals surface area contributed by atoms with Crippen LogP contribution in [0.2, 0.25) is 5.02 Å². The van der Waals surface area contributed by atoms with Crippen LogP contribution in [0.25, 0.3) is 0 Å². The zero-order chi connectivity index (χ0) is 13.0. The second kappa shape index (κ2) is 6.21. The Morgan fingerprint density at radius 3 is 2.83 bits per heavy atom. The molecule has 1 amide bonds. The van der Waals surface area contributed by atoms with Crippen molar-refractivity contribution in [3.05, 3.63) is 34.9 Å². The highest BCUT2D eigenvalue weighted by Gasteiger charge is 2.19. The molecule has 0 aliphatic carbocycles. The summed E-state index contributed by atoms with van der Waals surface area (Å²) in [6.45, 7) is 2.92. The van der Waals surface area contributed by atoms with E-state index in [4.69, 9.17) is 11.6 Å². The number of hydrogen-bond donors (Lipinski definition) is 2. The highest BCUT2D eigenvalue weighted by molar-refractivity contribution is 6.30. The molecule has 1 aromatic rings. The lowest BCUT2D eigenvalue weighted by Crippen LogP contribution is -2.34. The van der Waals surface area contributed by atoms with Gasteiger partial charge >= 0.3 is 0 Å². The van der Waals surface area contributed by atoms with Gasteiger partial charge < -0.3 is 10.6 Å². The first kappa shape index (κ1) is 13.4. The number of carbonyl (C=O) groups excluding carboxylic acids is 1. The Kier molecular flexibility index (Phi) is 4.61. The van der Waals surface area contributed by atoms with Gasteiger partial charge in [-0.1, -0.05) is 23.7 Å². The third-order valence-electron chi connectivity index (χ3n) is 3.34. The van der Waals surface area contributed by atoms with Crippen LogP contribution in [0.3, 0.4) is 0 Å². The Bertz CT molecular complexity index is 405. The van der Waals surface area contributed by atoms with E-state index in [9.17, 15) is 4.79 Å². The van der Waals surface area contributed by atoms with Gasteiger partial charge in [0.25, 0.3) is 0 Å². The van der Waals surface area contributed by atoms with Gasteiger partial charge in [0.2, 0.25) is 5.91 Å². The van der Waals surface area contributed by atoms with Gasteiger partial charge in [0.05, 0.1) is 0 Å². The number of carbonyl (C=O) groups is 1. The van der Waals surface area contributed by atoms with E-state index < -0.39 is 0 Å². The van der Waals surface area contributed by atoms with Crippen molar-refractivity contribution < 1.29 is 4.79 Å². The fourth-order valence-corrected chi connectivity index (χ4v) is 2.44. The Hall–Kier alpha value is -1.06. The summed E-state index contributed by atoms with van der Waals surface area (Å²) >= 11 is 5.88. The van der Waals surface area contributed by atoms with E-state index >= 15 is 0 Å². The van der Waals surface area contributed by atoms with Crippen molar-refractivity contribution in [3.63, 3.8) is 0 Å². The smallest absolute Gasteiger partial charge is 0.221 e. The monoisotopic (exact) mass is 266 g/mol. The summed E-state index contributed by atoms with van der Waals surface area (Å²) in [5.41, 5.74) is 1.20. The van der Waals surface area contributed by atoms with E-state index in [-0.39, 0.29) is 18.0 Å². The standard InChI is InChI=1S/C14H19ClN2O/c1-10(11-4-6-12(15)7-5-11)17-13-3-2-8-16-14(18)9-13/h4-7,10,13,17H,2-3,8-9H2,1H3,(H,16,18)/t10-,13?/m0/s1. The highest BCUT2D eigenvalue weighted by Crippen LogP contribution is 2.18. The van der Waals surface area contributed by atoms with Crippen LogP contribution in [0.15, 0.2) is 24.3 Å². The van der Waals surface area contributed by atoms with Gasteiger partial charge in [0.1, 0.15) is 0 Å². The third-order valence-corrected chi connectivity index (χ3v) is 3.59. The average Bonchev–Trinajstić information content (AvgIpc) is 2.54. The molecule has 1 unspecified atom stereocenters. The molecule has 1 aliphatic heterocycles. The molecular weight excluding hydrogens is 248 g/mol. The topological polar surface area (TPSA) is 41.1 Å². The summed E-state index contributed by atoms with van der Waals surface area (Å²) in [5.74, 6) is 0.147. The molecule has 0 radical (unpaired) electrons. The molecule has 0 aromatic heterocycles. The van der Waals surface area contributed by atoms with Crippen molar-refractivity contribution in [3.8, 4) is 0 Å². The molecule has 0 spiro atoms. The van der Waals surface area contributed by atoms with Gasteiger partial charge in [-0.15, -0.1) is 0 Å². The van der Waals surface area contributed by atoms with Crippen molar-refractivity contribution in [2.45, 2.75) is 38.3 Å². The van der Waals surface area contributed by atoms with Gasteiger partial charge in [0.15, 0.2) is 0 Å². The summed E-state index contributed by atoms with van der Waals surface area (Å²) in [7, 11) is 0. The molecule has 0 bridgehead atoms. The highest BCUT2D eigenvalue weighted by atomic mass is 35.5. The zero-order valence-electron chi connectivity index (χ0n) is 10.6. The molecular formula is C14H19ClN2O. The molecule has 2 atom stereocenters. The van der Waals surface area contributed by atoms with Crippen LogP contribution in [0, 0.1) is 0 Å². The molecule has 1 fully saturated rings. The van der Waals surface area contributed by atoms with Crippen molar-refractivity contribution in [2.24, 2.45) is 0 Å². The Labute approximate surface area is 113 Å². The summed E-state index contributed by atoms with van der Waals surface area (Å²) in [5, 5.41) is 7.17. The molecule has 1 saturated heterocycles. The van der Waals surface area contributed by atoms with E-state index in [2.05, 4.69) is 17.6 Å². The van der Waals surface area contributed by atoms with Gasteiger partial charge in [-0.2, -0.15) is 0 Å². The number of halogens is 1. The first-order valence-corrected chi connectivity index (χ1v) is 6.81. The summed E-state index contributed by atoms with van der Waals surface area (Å²) in [6.07, 6.45) is 2.64. The fourth-order valence-electron chi connectivity index (χ4n) is 2.32. The zero-order valence-corrected chi connectivity index (χ0v) is 11.3. The van der Waals surface area contributed by atoms with Crippen LogP contribution >= 0.6 is 11.6 Å². The quantitative estimate of drug-likeness (QED) is 0.883. The van der Waals surface area contributed by atoms with E-state index in [0.29, 0.717) is 6.42 Å². The van der Waals surface area contributed by atoms with Crippen LogP contribution in [-0.4, -0.2) is 18.5 Å². The maximum atomic E-state index is 11.5. The molecule has 4 heteroatoms. The van der Waals surface area contributed by atoms with Gasteiger partial charge in [-0.05, 0) is 37.5 Å². The van der Waals surface area contributed by atoms with E-state index in [1.54, 1.807) is 0 Å². The van der Waals surface area contributed by atoms with Gasteiger partial charge in [-0.25, -0.2) is 0 Å². The maximum Gasteiger partial charge on any atom is 0.221 e. The van der Waals surface area contributed by atoms with Crippen LogP contribution in [-0.2, 0) is 4.79 Å². The SMILES string of the molecule is C[C@H](NC1CCCNC(=O)C1)c1ccc(Cl)cc1. The van der Waals surface area contributed by atoms with Crippen LogP contribution in [0.1, 0.15) is 37.8 Å². The molecule has 3 nitrogen and oxygen atoms in total. The average molecular weight is 267 g/mol. The normalized spacial score (nSPS) is 22.1. The number of amides is 1. The van der Waals surface area contributed by atoms with E-state index in [1.165, 1.54) is 5.56 Å². The Morgan fingerprint density at radius 1 is 1.39 bits per heavy atom. The predicted molar refractivity (Wildman–Crippen MR) is 73.7 cm³/mol. The van der Waals surface area contributed by atoms with Crippen molar-refractivity contribution in [2.75, 3.05) is 6.54 Å². The number of rotatable bonds is 3. The van der Waals surface area contributed by atoms with Crippen molar-refractivity contribution >= 4 is 17.5 Å². The minimum Gasteiger partial charge on any atom is -0.356 e. The van der Waals surface area contributed by atoms with Crippen LogP contribution < -0.4 is 10.6 Å². The lowest BCUT2D eigenvalue weighted by Gasteiger charge is -2.21. The summed E-state index contributed by atoms with van der Waals surface area (Å²) < 4.78 is 0. The predicted octanol–water partition coefficient (Wildman–Crippen LogP) is 2.66. The maximum absolute atomic E-state index is 11.5. The molecule has 1 heterocycles. The van der Waals surface area contributed by atoms with Gasteiger partial charge in [-0.3, -0.25) is 4.79 Å². The molecule has 98 valence electrons. The summed E-state index contributed by atoms with van der Waals surface area (Å²) in [4.78, 5) is 11.5. The Morgan fingerprint density at radius 2 is 2.11 bits per heavy atom. The first-order valence-electron chi connectivity index (χ1n) is 6.43. The third kappa shape index (κ3) is 3.72. The lowest BCUT2D eigenvalue weighted by molar-refractivity contribution is -0.121. The van der Waals surface area contributed by atoms with Crippen LogP contribution in [0.5, 0.6) is 0 Å². The van der Waals surface area contributed by atoms with E-state index in [1.807, 2.05) is 24.3 Å². The minimum atomic E-state index is 0.147. The summed E-state index contributed by atoms with van der Waals surface area (Å²) in [6, 6.07) is 8.34. The number of benzene rings is 1.